The Morgan fingerprint density at radius 2 is 2.10 bits per heavy atom. The van der Waals surface area contributed by atoms with Crippen LogP contribution in [0, 0.1) is 17.8 Å². The highest BCUT2D eigenvalue weighted by atomic mass is 16.2. The number of nitrogens with one attached hydrogen (secondary N) is 1. The predicted molar refractivity (Wildman–Crippen MR) is 81.6 cm³/mol. The van der Waals surface area contributed by atoms with Gasteiger partial charge in [0.05, 0.1) is 5.71 Å². The van der Waals surface area contributed by atoms with Gasteiger partial charge in [0.2, 0.25) is 11.8 Å². The van der Waals surface area contributed by atoms with Crippen LogP contribution < -0.4 is 5.32 Å². The molecule has 1 aliphatic heterocycles. The molecule has 110 valence electrons. The number of rotatable bonds is 2. The minimum Gasteiger partial charge on any atom is -0.325 e. The van der Waals surface area contributed by atoms with Gasteiger partial charge in [0.1, 0.15) is 0 Å². The van der Waals surface area contributed by atoms with Crippen LogP contribution >= 0.6 is 0 Å². The Morgan fingerprint density at radius 3 is 2.71 bits per heavy atom. The van der Waals surface area contributed by atoms with Crippen LogP contribution in [0.15, 0.2) is 40.6 Å². The van der Waals surface area contributed by atoms with Crippen LogP contribution in [0.25, 0.3) is 0 Å². The number of carbonyl (C=O) groups excluding carboxylic acids is 2. The van der Waals surface area contributed by atoms with Gasteiger partial charge < -0.3 is 5.32 Å². The summed E-state index contributed by atoms with van der Waals surface area (Å²) in [6.45, 7) is 4.17. The minimum atomic E-state index is -0.0961. The van der Waals surface area contributed by atoms with Crippen molar-refractivity contribution in [3.63, 3.8) is 0 Å². The molecule has 1 fully saturated rings. The molecule has 1 heterocycles. The third kappa shape index (κ3) is 2.75. The summed E-state index contributed by atoms with van der Waals surface area (Å²) in [6.07, 6.45) is 10.4. The smallest absolute Gasteiger partial charge is 0.249 e. The topological polar surface area (TPSA) is 58.5 Å². The third-order valence-corrected chi connectivity index (χ3v) is 4.38. The van der Waals surface area contributed by atoms with Crippen molar-refractivity contribution in [2.24, 2.45) is 22.7 Å². The second-order valence-corrected chi connectivity index (χ2v) is 6.23. The number of amides is 2. The molecule has 3 aliphatic rings. The maximum atomic E-state index is 11.9. The average Bonchev–Trinajstić information content (AvgIpc) is 2.34. The summed E-state index contributed by atoms with van der Waals surface area (Å²) >= 11 is 0. The Bertz CT molecular complexity index is 604. The quantitative estimate of drug-likeness (QED) is 0.847. The molecule has 2 amide bonds. The van der Waals surface area contributed by atoms with Gasteiger partial charge in [0, 0.05) is 23.6 Å². The first-order valence-electron chi connectivity index (χ1n) is 7.59. The van der Waals surface area contributed by atoms with Gasteiger partial charge in [0.25, 0.3) is 0 Å². The molecule has 3 rings (SSSR count). The maximum absolute atomic E-state index is 11.9. The molecule has 0 spiro atoms. The van der Waals surface area contributed by atoms with Crippen molar-refractivity contribution in [1.82, 2.24) is 5.32 Å². The Kier molecular flexibility index (Phi) is 3.62. The average molecular weight is 284 g/mol. The summed E-state index contributed by atoms with van der Waals surface area (Å²) in [5.74, 6) is 0.387. The van der Waals surface area contributed by atoms with Crippen LogP contribution in [0.4, 0.5) is 0 Å². The highest BCUT2D eigenvalue weighted by Crippen LogP contribution is 2.32. The van der Waals surface area contributed by atoms with Crippen LogP contribution in [-0.4, -0.2) is 17.5 Å². The Balaban J connectivity index is 1.84. The molecule has 0 bridgehead atoms. The SMILES string of the molecule is CC(C)C1=CC(=O)NC2=CC(=NC(=O)C3CCC3)C=CC21. The van der Waals surface area contributed by atoms with Crippen molar-refractivity contribution < 1.29 is 9.59 Å². The van der Waals surface area contributed by atoms with Gasteiger partial charge in [-0.3, -0.25) is 9.59 Å². The lowest BCUT2D eigenvalue weighted by atomic mass is 9.82. The van der Waals surface area contributed by atoms with E-state index < -0.39 is 0 Å². The van der Waals surface area contributed by atoms with E-state index in [1.54, 1.807) is 6.08 Å². The lowest BCUT2D eigenvalue weighted by Gasteiger charge is -2.29. The van der Waals surface area contributed by atoms with Crippen LogP contribution in [0.2, 0.25) is 0 Å². The van der Waals surface area contributed by atoms with Crippen LogP contribution in [-0.2, 0) is 9.59 Å². The van der Waals surface area contributed by atoms with Crippen molar-refractivity contribution in [1.29, 1.82) is 0 Å². The minimum absolute atomic E-state index is 0.0297. The van der Waals surface area contributed by atoms with Crippen LogP contribution in [0.1, 0.15) is 33.1 Å². The first-order chi connectivity index (χ1) is 10.0. The van der Waals surface area contributed by atoms with Crippen LogP contribution in [0.3, 0.4) is 0 Å². The maximum Gasteiger partial charge on any atom is 0.249 e. The van der Waals surface area contributed by atoms with Crippen LogP contribution in [0.5, 0.6) is 0 Å². The molecule has 4 nitrogen and oxygen atoms in total. The molecule has 0 saturated heterocycles. The van der Waals surface area contributed by atoms with E-state index in [0.29, 0.717) is 11.6 Å². The van der Waals surface area contributed by atoms with E-state index in [1.807, 2.05) is 18.2 Å². The number of fused-ring (bicyclic) bond motifs is 1. The van der Waals surface area contributed by atoms with E-state index in [9.17, 15) is 9.59 Å². The Morgan fingerprint density at radius 1 is 1.33 bits per heavy atom. The van der Waals surface area contributed by atoms with Gasteiger partial charge in [-0.05, 0) is 36.5 Å². The molecule has 4 heteroatoms. The number of nitrogens with zero attached hydrogens (tertiary/aromatic N) is 1. The summed E-state index contributed by atoms with van der Waals surface area (Å²) in [5.41, 5.74) is 2.57. The molecule has 0 radical (unpaired) electrons. The van der Waals surface area contributed by atoms with Gasteiger partial charge >= 0.3 is 0 Å². The van der Waals surface area contributed by atoms with Gasteiger partial charge in [-0.2, -0.15) is 0 Å². The molecular formula is C17H20N2O2. The second-order valence-electron chi connectivity index (χ2n) is 6.23. The fourth-order valence-electron chi connectivity index (χ4n) is 2.89. The fraction of sp³-hybridized carbons (Fsp3) is 0.471. The van der Waals surface area contributed by atoms with Gasteiger partial charge in [-0.15, -0.1) is 0 Å². The third-order valence-electron chi connectivity index (χ3n) is 4.38. The van der Waals surface area contributed by atoms with Crippen molar-refractivity contribution in [2.45, 2.75) is 33.1 Å². The van der Waals surface area contributed by atoms with E-state index in [2.05, 4.69) is 24.2 Å². The molecule has 0 aromatic carbocycles. The predicted octanol–water partition coefficient (Wildman–Crippen LogP) is 2.54. The highest BCUT2D eigenvalue weighted by molar-refractivity contribution is 6.11. The van der Waals surface area contributed by atoms with Gasteiger partial charge in [0.15, 0.2) is 0 Å². The van der Waals surface area contributed by atoms with E-state index in [0.717, 1.165) is 30.5 Å². The Hall–Kier alpha value is -1.97. The summed E-state index contributed by atoms with van der Waals surface area (Å²) in [7, 11) is 0. The van der Waals surface area contributed by atoms with Crippen molar-refractivity contribution in [3.05, 3.63) is 35.6 Å². The number of hydrogen-bond acceptors (Lipinski definition) is 2. The fourth-order valence-corrected chi connectivity index (χ4v) is 2.89. The first kappa shape index (κ1) is 14.0. The zero-order valence-corrected chi connectivity index (χ0v) is 12.4. The second kappa shape index (κ2) is 5.43. The molecule has 0 aromatic rings. The van der Waals surface area contributed by atoms with Gasteiger partial charge in [-0.25, -0.2) is 4.99 Å². The zero-order valence-electron chi connectivity index (χ0n) is 12.4. The molecule has 1 N–H and O–H groups in total. The number of carbonyl (C=O) groups is 2. The number of hydrogen-bond donors (Lipinski definition) is 1. The largest absolute Gasteiger partial charge is 0.325 e. The summed E-state index contributed by atoms with van der Waals surface area (Å²) < 4.78 is 0. The van der Waals surface area contributed by atoms with E-state index in [-0.39, 0.29) is 23.7 Å². The summed E-state index contributed by atoms with van der Waals surface area (Å²) in [5, 5.41) is 2.87. The van der Waals surface area contributed by atoms with Gasteiger partial charge in [-0.1, -0.05) is 26.3 Å². The lowest BCUT2D eigenvalue weighted by molar-refractivity contribution is -0.123. The normalized spacial score (nSPS) is 26.9. The molecule has 2 aliphatic carbocycles. The lowest BCUT2D eigenvalue weighted by Crippen LogP contribution is -2.34. The van der Waals surface area contributed by atoms with Crippen molar-refractivity contribution in [3.8, 4) is 0 Å². The summed E-state index contributed by atoms with van der Waals surface area (Å²) in [6, 6.07) is 0. The molecule has 1 saturated carbocycles. The Labute approximate surface area is 124 Å². The molecule has 1 atom stereocenters. The molecule has 1 unspecified atom stereocenters. The van der Waals surface area contributed by atoms with E-state index in [1.165, 1.54) is 0 Å². The zero-order chi connectivity index (χ0) is 15.0. The molecule has 0 aromatic heterocycles. The highest BCUT2D eigenvalue weighted by Gasteiger charge is 2.29. The van der Waals surface area contributed by atoms with E-state index in [4.69, 9.17) is 0 Å². The standard InChI is InChI=1S/C17H20N2O2/c1-10(2)14-9-16(20)19-15-8-12(6-7-13(14)15)18-17(21)11-4-3-5-11/h6-11,13H,3-5H2,1-2H3,(H,19,20). The van der Waals surface area contributed by atoms with Crippen molar-refractivity contribution in [2.75, 3.05) is 0 Å². The van der Waals surface area contributed by atoms with Crippen molar-refractivity contribution >= 4 is 17.5 Å². The number of allylic oxidation sites excluding steroid dienone is 3. The molecule has 21 heavy (non-hydrogen) atoms. The monoisotopic (exact) mass is 284 g/mol. The first-order valence-corrected chi connectivity index (χ1v) is 7.59. The van der Waals surface area contributed by atoms with E-state index >= 15 is 0 Å². The number of aliphatic imine (C=N–C) groups is 1. The molecular weight excluding hydrogens is 264 g/mol. The summed E-state index contributed by atoms with van der Waals surface area (Å²) in [4.78, 5) is 27.9.